The third-order valence-electron chi connectivity index (χ3n) is 3.24. The monoisotopic (exact) mass is 290 g/mol. The zero-order chi connectivity index (χ0) is 14.1. The zero-order valence-corrected chi connectivity index (χ0v) is 11.8. The van der Waals surface area contributed by atoms with Gasteiger partial charge in [0.1, 0.15) is 10.0 Å². The number of nitrogens with one attached hydrogen (secondary N) is 1. The number of non-ortho nitro benzene ring substituents is 1. The van der Waals surface area contributed by atoms with Crippen LogP contribution in [0.2, 0.25) is 0 Å². The number of benzene rings is 1. The van der Waals surface area contributed by atoms with Crippen molar-refractivity contribution in [1.29, 1.82) is 0 Å². The van der Waals surface area contributed by atoms with Crippen LogP contribution in [0.4, 0.5) is 5.69 Å². The van der Waals surface area contributed by atoms with Crippen molar-refractivity contribution < 1.29 is 4.92 Å². The van der Waals surface area contributed by atoms with Crippen molar-refractivity contribution in [2.75, 3.05) is 0 Å². The Morgan fingerprint density at radius 3 is 2.90 bits per heavy atom. The lowest BCUT2D eigenvalue weighted by Gasteiger charge is -2.01. The molecule has 0 saturated heterocycles. The molecule has 0 unspecified atom stereocenters. The molecule has 1 heterocycles. The summed E-state index contributed by atoms with van der Waals surface area (Å²) in [6.45, 7) is 2.60. The highest BCUT2D eigenvalue weighted by Crippen LogP contribution is 2.29. The summed E-state index contributed by atoms with van der Waals surface area (Å²) < 4.78 is 0. The number of hydrogen-bond acceptors (Lipinski definition) is 6. The van der Waals surface area contributed by atoms with Crippen molar-refractivity contribution in [3.63, 3.8) is 0 Å². The van der Waals surface area contributed by atoms with E-state index < -0.39 is 0 Å². The van der Waals surface area contributed by atoms with Crippen LogP contribution < -0.4 is 5.32 Å². The van der Waals surface area contributed by atoms with Crippen LogP contribution in [0.5, 0.6) is 0 Å². The van der Waals surface area contributed by atoms with Gasteiger partial charge in [-0.1, -0.05) is 11.3 Å². The van der Waals surface area contributed by atoms with Crippen LogP contribution in [0.25, 0.3) is 10.6 Å². The maximum atomic E-state index is 10.7. The second-order valence-corrected chi connectivity index (χ2v) is 5.97. The van der Waals surface area contributed by atoms with E-state index in [1.807, 2.05) is 6.92 Å². The first-order valence-corrected chi connectivity index (χ1v) is 7.26. The maximum absolute atomic E-state index is 10.7. The molecule has 3 rings (SSSR count). The van der Waals surface area contributed by atoms with Gasteiger partial charge in [-0.05, 0) is 31.4 Å². The molecule has 20 heavy (non-hydrogen) atoms. The Hall–Kier alpha value is -1.86. The van der Waals surface area contributed by atoms with E-state index >= 15 is 0 Å². The molecule has 0 amide bonds. The fourth-order valence-corrected chi connectivity index (χ4v) is 2.84. The highest BCUT2D eigenvalue weighted by atomic mass is 32.1. The molecule has 1 saturated carbocycles. The van der Waals surface area contributed by atoms with Crippen LogP contribution in [0.1, 0.15) is 23.4 Å². The Balaban J connectivity index is 1.79. The lowest BCUT2D eigenvalue weighted by atomic mass is 10.1. The van der Waals surface area contributed by atoms with E-state index in [1.165, 1.54) is 30.2 Å². The van der Waals surface area contributed by atoms with Crippen molar-refractivity contribution in [3.8, 4) is 10.6 Å². The van der Waals surface area contributed by atoms with Crippen LogP contribution in [-0.4, -0.2) is 21.2 Å². The van der Waals surface area contributed by atoms with Crippen molar-refractivity contribution in [1.82, 2.24) is 15.5 Å². The molecule has 0 atom stereocenters. The first kappa shape index (κ1) is 13.1. The third-order valence-corrected chi connectivity index (χ3v) is 4.19. The second-order valence-electron chi connectivity index (χ2n) is 4.91. The summed E-state index contributed by atoms with van der Waals surface area (Å²) >= 11 is 1.53. The highest BCUT2D eigenvalue weighted by molar-refractivity contribution is 7.14. The molecule has 6 nitrogen and oxygen atoms in total. The zero-order valence-electron chi connectivity index (χ0n) is 11.0. The highest BCUT2D eigenvalue weighted by Gasteiger charge is 2.21. The van der Waals surface area contributed by atoms with Crippen LogP contribution in [0.15, 0.2) is 18.2 Å². The molecule has 1 N–H and O–H groups in total. The average molecular weight is 290 g/mol. The van der Waals surface area contributed by atoms with Gasteiger partial charge in [0.2, 0.25) is 0 Å². The molecule has 0 aliphatic heterocycles. The molecule has 1 fully saturated rings. The van der Waals surface area contributed by atoms with Gasteiger partial charge in [-0.15, -0.1) is 10.2 Å². The number of aryl methyl sites for hydroxylation is 1. The molecule has 0 spiro atoms. The minimum absolute atomic E-state index is 0.103. The summed E-state index contributed by atoms with van der Waals surface area (Å²) in [7, 11) is 0. The van der Waals surface area contributed by atoms with Crippen molar-refractivity contribution in [3.05, 3.63) is 38.9 Å². The molecule has 0 radical (unpaired) electrons. The molecule has 104 valence electrons. The van der Waals surface area contributed by atoms with E-state index in [-0.39, 0.29) is 10.6 Å². The van der Waals surface area contributed by atoms with Crippen LogP contribution in [0.3, 0.4) is 0 Å². The summed E-state index contributed by atoms with van der Waals surface area (Å²) in [5, 5.41) is 24.2. The summed E-state index contributed by atoms with van der Waals surface area (Å²) in [5.41, 5.74) is 1.86. The number of hydrogen-bond donors (Lipinski definition) is 1. The lowest BCUT2D eigenvalue weighted by Crippen LogP contribution is -2.14. The van der Waals surface area contributed by atoms with Crippen LogP contribution in [0, 0.1) is 17.0 Å². The van der Waals surface area contributed by atoms with Gasteiger partial charge in [0, 0.05) is 30.3 Å². The van der Waals surface area contributed by atoms with E-state index in [0.717, 1.165) is 27.7 Å². The van der Waals surface area contributed by atoms with Crippen molar-refractivity contribution >= 4 is 17.0 Å². The van der Waals surface area contributed by atoms with Gasteiger partial charge in [0.25, 0.3) is 5.69 Å². The van der Waals surface area contributed by atoms with Crippen molar-refractivity contribution in [2.45, 2.75) is 32.4 Å². The minimum atomic E-state index is -0.387. The van der Waals surface area contributed by atoms with Gasteiger partial charge in [0.15, 0.2) is 0 Å². The number of nitrogens with zero attached hydrogens (tertiary/aromatic N) is 3. The predicted molar refractivity (Wildman–Crippen MR) is 76.6 cm³/mol. The molecule has 1 aliphatic carbocycles. The van der Waals surface area contributed by atoms with Crippen LogP contribution >= 0.6 is 11.3 Å². The first-order chi connectivity index (χ1) is 9.63. The molecular formula is C13H14N4O2S. The smallest absolute Gasteiger partial charge is 0.269 e. The number of rotatable bonds is 5. The molecular weight excluding hydrogens is 276 g/mol. The first-order valence-electron chi connectivity index (χ1n) is 6.44. The summed E-state index contributed by atoms with van der Waals surface area (Å²) in [5.74, 6) is 0. The van der Waals surface area contributed by atoms with Gasteiger partial charge in [-0.2, -0.15) is 0 Å². The summed E-state index contributed by atoms with van der Waals surface area (Å²) in [6, 6.07) is 5.46. The SMILES string of the molecule is Cc1cc([N+](=O)[O-])ccc1-c1nnc(CNC2CC2)s1. The predicted octanol–water partition coefficient (Wildman–Crippen LogP) is 2.67. The quantitative estimate of drug-likeness (QED) is 0.676. The van der Waals surface area contributed by atoms with Crippen molar-refractivity contribution in [2.24, 2.45) is 0 Å². The lowest BCUT2D eigenvalue weighted by molar-refractivity contribution is -0.384. The molecule has 2 aromatic rings. The summed E-state index contributed by atoms with van der Waals surface area (Å²) in [4.78, 5) is 10.3. The van der Waals surface area contributed by atoms with Gasteiger partial charge < -0.3 is 5.32 Å². The Bertz CT molecular complexity index is 652. The average Bonchev–Trinajstić information content (AvgIpc) is 3.14. The Labute approximate surface area is 120 Å². The third kappa shape index (κ3) is 2.83. The molecule has 7 heteroatoms. The topological polar surface area (TPSA) is 81.0 Å². The Morgan fingerprint density at radius 2 is 2.25 bits per heavy atom. The van der Waals surface area contributed by atoms with Gasteiger partial charge in [-0.25, -0.2) is 0 Å². The molecule has 0 bridgehead atoms. The van der Waals surface area contributed by atoms with Gasteiger partial charge in [0.05, 0.1) is 4.92 Å². The fourth-order valence-electron chi connectivity index (χ4n) is 1.95. The summed E-state index contributed by atoms with van der Waals surface area (Å²) in [6.07, 6.45) is 2.49. The van der Waals surface area contributed by atoms with Crippen LogP contribution in [-0.2, 0) is 6.54 Å². The van der Waals surface area contributed by atoms with Gasteiger partial charge >= 0.3 is 0 Å². The normalized spacial score (nSPS) is 14.4. The maximum Gasteiger partial charge on any atom is 0.269 e. The fraction of sp³-hybridized carbons (Fsp3) is 0.385. The number of aromatic nitrogens is 2. The largest absolute Gasteiger partial charge is 0.308 e. The number of nitro groups is 1. The van der Waals surface area contributed by atoms with Gasteiger partial charge in [-0.3, -0.25) is 10.1 Å². The molecule has 1 aliphatic rings. The van der Waals surface area contributed by atoms with E-state index in [0.29, 0.717) is 6.04 Å². The van der Waals surface area contributed by atoms with E-state index in [9.17, 15) is 10.1 Å². The van der Waals surface area contributed by atoms with E-state index in [2.05, 4.69) is 15.5 Å². The second kappa shape index (κ2) is 5.26. The molecule has 1 aromatic carbocycles. The Kier molecular flexibility index (Phi) is 3.45. The minimum Gasteiger partial charge on any atom is -0.308 e. The van der Waals surface area contributed by atoms with E-state index in [1.54, 1.807) is 12.1 Å². The molecule has 1 aromatic heterocycles. The number of nitro benzene ring substituents is 1. The van der Waals surface area contributed by atoms with E-state index in [4.69, 9.17) is 0 Å². The standard InChI is InChI=1S/C13H14N4O2S/c1-8-6-10(17(18)19)4-5-11(8)13-16-15-12(20-13)7-14-9-2-3-9/h4-6,9,14H,2-3,7H2,1H3. The Morgan fingerprint density at radius 1 is 1.45 bits per heavy atom.